The minimum Gasteiger partial charge on any atom is -0.378 e. The highest BCUT2D eigenvalue weighted by Gasteiger charge is 2.39. The van der Waals surface area contributed by atoms with Gasteiger partial charge in [-0.25, -0.2) is 0 Å². The molecule has 1 aromatic carbocycles. The summed E-state index contributed by atoms with van der Waals surface area (Å²) in [5.74, 6) is 0.752. The third kappa shape index (κ3) is 2.44. The van der Waals surface area contributed by atoms with Crippen molar-refractivity contribution < 1.29 is 4.74 Å². The zero-order valence-electron chi connectivity index (χ0n) is 11.9. The van der Waals surface area contributed by atoms with Gasteiger partial charge in [0.1, 0.15) is 0 Å². The molecule has 0 aromatic heterocycles. The lowest BCUT2D eigenvalue weighted by Crippen LogP contribution is -2.42. The maximum Gasteiger partial charge on any atom is 0.0696 e. The topological polar surface area (TPSA) is 35.2 Å². The molecular weight excluding hydrogens is 234 g/mol. The van der Waals surface area contributed by atoms with E-state index in [1.54, 1.807) is 0 Å². The van der Waals surface area contributed by atoms with E-state index in [1.165, 1.54) is 49.7 Å². The van der Waals surface area contributed by atoms with Gasteiger partial charge in [0.05, 0.1) is 5.60 Å². The summed E-state index contributed by atoms with van der Waals surface area (Å²) >= 11 is 0. The van der Waals surface area contributed by atoms with Crippen LogP contribution in [-0.4, -0.2) is 12.7 Å². The maximum atomic E-state index is 6.50. The molecule has 1 atom stereocenters. The van der Waals surface area contributed by atoms with Crippen molar-refractivity contribution in [1.29, 1.82) is 0 Å². The maximum absolute atomic E-state index is 6.50. The monoisotopic (exact) mass is 259 g/mol. The summed E-state index contributed by atoms with van der Waals surface area (Å²) in [6, 6.07) is 8.90. The molecule has 0 radical (unpaired) electrons. The normalized spacial score (nSPS) is 23.5. The first kappa shape index (κ1) is 13.1. The van der Waals surface area contributed by atoms with E-state index in [0.29, 0.717) is 0 Å². The molecule has 0 aliphatic heterocycles. The Morgan fingerprint density at radius 2 is 2.00 bits per heavy atom. The fraction of sp³-hybridized carbons (Fsp3) is 0.647. The average molecular weight is 259 g/mol. The van der Waals surface area contributed by atoms with Gasteiger partial charge in [-0.2, -0.15) is 0 Å². The van der Waals surface area contributed by atoms with Crippen LogP contribution in [-0.2, 0) is 4.74 Å². The van der Waals surface area contributed by atoms with E-state index >= 15 is 0 Å². The predicted octanol–water partition coefficient (Wildman–Crippen LogP) is 3.91. The molecule has 0 amide bonds. The van der Waals surface area contributed by atoms with Crippen LogP contribution in [0.5, 0.6) is 0 Å². The Hall–Kier alpha value is -0.860. The molecule has 2 fully saturated rings. The molecule has 2 aliphatic carbocycles. The first-order chi connectivity index (χ1) is 9.24. The summed E-state index contributed by atoms with van der Waals surface area (Å²) in [6.07, 6.45) is 8.62. The van der Waals surface area contributed by atoms with Crippen LogP contribution < -0.4 is 5.73 Å². The number of hydrogen-bond acceptors (Lipinski definition) is 2. The van der Waals surface area contributed by atoms with E-state index in [2.05, 4.69) is 24.3 Å². The third-order valence-corrected chi connectivity index (χ3v) is 5.23. The van der Waals surface area contributed by atoms with Gasteiger partial charge in [0.25, 0.3) is 0 Å². The van der Waals surface area contributed by atoms with Gasteiger partial charge in [0.2, 0.25) is 0 Å². The molecule has 0 heterocycles. The first-order valence-corrected chi connectivity index (χ1v) is 7.64. The number of ether oxygens (including phenoxy) is 1. The fourth-order valence-electron chi connectivity index (χ4n) is 3.51. The molecular formula is C17H25NO. The minimum absolute atomic E-state index is 0.0616. The lowest BCUT2D eigenvalue weighted by molar-refractivity contribution is -0.0817. The fourth-order valence-corrected chi connectivity index (χ4v) is 3.51. The van der Waals surface area contributed by atoms with Gasteiger partial charge in [0.15, 0.2) is 0 Å². The first-order valence-electron chi connectivity index (χ1n) is 7.64. The number of rotatable bonds is 5. The molecule has 19 heavy (non-hydrogen) atoms. The number of benzene rings is 1. The van der Waals surface area contributed by atoms with Crippen molar-refractivity contribution in [3.63, 3.8) is 0 Å². The highest BCUT2D eigenvalue weighted by Crippen LogP contribution is 2.44. The average Bonchev–Trinajstić information content (AvgIpc) is 2.32. The van der Waals surface area contributed by atoms with Crippen LogP contribution in [0.1, 0.15) is 68.0 Å². The Morgan fingerprint density at radius 3 is 2.53 bits per heavy atom. The number of methoxy groups -OCH3 is 1. The highest BCUT2D eigenvalue weighted by atomic mass is 16.5. The van der Waals surface area contributed by atoms with E-state index in [4.69, 9.17) is 10.5 Å². The van der Waals surface area contributed by atoms with Gasteiger partial charge in [-0.3, -0.25) is 0 Å². The van der Waals surface area contributed by atoms with Crippen molar-refractivity contribution in [3.8, 4) is 0 Å². The number of hydrogen-bond donors (Lipinski definition) is 1. The summed E-state index contributed by atoms with van der Waals surface area (Å²) in [5, 5.41) is 0. The van der Waals surface area contributed by atoms with Crippen LogP contribution in [0.2, 0.25) is 0 Å². The summed E-state index contributed by atoms with van der Waals surface area (Å²) in [7, 11) is 1.84. The van der Waals surface area contributed by atoms with Gasteiger partial charge in [-0.05, 0) is 55.6 Å². The van der Waals surface area contributed by atoms with Crippen LogP contribution in [0.4, 0.5) is 0 Å². The molecule has 3 rings (SSSR count). The minimum atomic E-state index is 0.0616. The molecule has 2 heteroatoms. The smallest absolute Gasteiger partial charge is 0.0696 e. The summed E-state index contributed by atoms with van der Waals surface area (Å²) in [6.45, 7) is 0. The van der Waals surface area contributed by atoms with E-state index in [1.807, 2.05) is 7.11 Å². The second kappa shape index (κ2) is 5.26. The molecule has 2 saturated carbocycles. The largest absolute Gasteiger partial charge is 0.378 e. The Labute approximate surface area is 116 Å². The van der Waals surface area contributed by atoms with Gasteiger partial charge < -0.3 is 10.5 Å². The zero-order valence-corrected chi connectivity index (χ0v) is 11.9. The predicted molar refractivity (Wildman–Crippen MR) is 78.2 cm³/mol. The van der Waals surface area contributed by atoms with Crippen molar-refractivity contribution in [1.82, 2.24) is 0 Å². The zero-order chi connectivity index (χ0) is 13.3. The Bertz CT molecular complexity index is 429. The summed E-state index contributed by atoms with van der Waals surface area (Å²) in [4.78, 5) is 0. The molecule has 0 saturated heterocycles. The lowest BCUT2D eigenvalue weighted by Gasteiger charge is -2.42. The van der Waals surface area contributed by atoms with E-state index in [-0.39, 0.29) is 11.6 Å². The molecule has 2 N–H and O–H groups in total. The molecule has 1 aromatic rings. The molecule has 2 aliphatic rings. The molecule has 0 spiro atoms. The van der Waals surface area contributed by atoms with Crippen LogP contribution in [0.3, 0.4) is 0 Å². The summed E-state index contributed by atoms with van der Waals surface area (Å²) < 4.78 is 5.73. The van der Waals surface area contributed by atoms with Crippen molar-refractivity contribution >= 4 is 0 Å². The van der Waals surface area contributed by atoms with Gasteiger partial charge >= 0.3 is 0 Å². The quantitative estimate of drug-likeness (QED) is 0.870. The van der Waals surface area contributed by atoms with Crippen molar-refractivity contribution in [3.05, 3.63) is 35.4 Å². The SMILES string of the molecule is COC1(CC(N)c2ccccc2C2CCC2)CCC1. The second-order valence-electron chi connectivity index (χ2n) is 6.31. The molecule has 0 bridgehead atoms. The Morgan fingerprint density at radius 1 is 1.26 bits per heavy atom. The molecule has 2 nitrogen and oxygen atoms in total. The van der Waals surface area contributed by atoms with Crippen LogP contribution in [0.15, 0.2) is 24.3 Å². The van der Waals surface area contributed by atoms with E-state index in [0.717, 1.165) is 12.3 Å². The van der Waals surface area contributed by atoms with Gasteiger partial charge in [-0.15, -0.1) is 0 Å². The van der Waals surface area contributed by atoms with Crippen molar-refractivity contribution in [2.24, 2.45) is 5.73 Å². The van der Waals surface area contributed by atoms with Crippen LogP contribution in [0, 0.1) is 0 Å². The van der Waals surface area contributed by atoms with Gasteiger partial charge in [-0.1, -0.05) is 30.7 Å². The van der Waals surface area contributed by atoms with Crippen molar-refractivity contribution in [2.45, 2.75) is 62.5 Å². The Kier molecular flexibility index (Phi) is 3.64. The van der Waals surface area contributed by atoms with Crippen molar-refractivity contribution in [2.75, 3.05) is 7.11 Å². The van der Waals surface area contributed by atoms with E-state index < -0.39 is 0 Å². The van der Waals surface area contributed by atoms with Crippen LogP contribution >= 0.6 is 0 Å². The van der Waals surface area contributed by atoms with E-state index in [9.17, 15) is 0 Å². The number of nitrogens with two attached hydrogens (primary N) is 1. The lowest BCUT2D eigenvalue weighted by atomic mass is 9.72. The summed E-state index contributed by atoms with van der Waals surface area (Å²) in [5.41, 5.74) is 9.41. The Balaban J connectivity index is 1.77. The van der Waals surface area contributed by atoms with Gasteiger partial charge in [0, 0.05) is 13.2 Å². The third-order valence-electron chi connectivity index (χ3n) is 5.23. The second-order valence-corrected chi connectivity index (χ2v) is 6.31. The molecule has 1 unspecified atom stereocenters. The molecule has 104 valence electrons. The highest BCUT2D eigenvalue weighted by molar-refractivity contribution is 5.34. The van der Waals surface area contributed by atoms with Crippen LogP contribution in [0.25, 0.3) is 0 Å². The standard InChI is InChI=1S/C17H25NO/c1-19-17(10-5-11-17)12-16(18)15-9-3-2-8-14(15)13-6-4-7-13/h2-3,8-9,13,16H,4-7,10-12,18H2,1H3.